The van der Waals surface area contributed by atoms with Crippen LogP contribution in [0.1, 0.15) is 40.5 Å². The molecular weight excluding hydrogens is 264 g/mol. The van der Waals surface area contributed by atoms with E-state index in [9.17, 15) is 14.4 Å². The average molecular weight is 280 g/mol. The molecule has 0 bridgehead atoms. The molecule has 2 N–H and O–H groups in total. The number of aromatic carboxylic acids is 2. The highest BCUT2D eigenvalue weighted by atomic mass is 16.5. The molecule has 0 atom stereocenters. The van der Waals surface area contributed by atoms with Crippen molar-refractivity contribution in [2.75, 3.05) is 0 Å². The van der Waals surface area contributed by atoms with Crippen molar-refractivity contribution in [3.63, 3.8) is 0 Å². The topological polar surface area (TPSA) is 101 Å². The van der Waals surface area contributed by atoms with Crippen molar-refractivity contribution >= 4 is 17.9 Å². The summed E-state index contributed by atoms with van der Waals surface area (Å²) in [6.45, 7) is 5.16. The van der Waals surface area contributed by atoms with Crippen molar-refractivity contribution in [2.24, 2.45) is 0 Å². The van der Waals surface area contributed by atoms with E-state index in [1.54, 1.807) is 0 Å². The molecule has 0 aromatic heterocycles. The number of carbonyl (C=O) groups excluding carboxylic acids is 1. The maximum Gasteiger partial charge on any atom is 0.336 e. The lowest BCUT2D eigenvalue weighted by Crippen LogP contribution is -2.06. The number of hydrogen-bond acceptors (Lipinski definition) is 4. The van der Waals surface area contributed by atoms with Crippen LogP contribution in [0.2, 0.25) is 0 Å². The highest BCUT2D eigenvalue weighted by Crippen LogP contribution is 2.07. The van der Waals surface area contributed by atoms with Crippen molar-refractivity contribution < 1.29 is 29.3 Å². The van der Waals surface area contributed by atoms with Gasteiger partial charge in [-0.3, -0.25) is 4.79 Å². The zero-order chi connectivity index (χ0) is 15.5. The summed E-state index contributed by atoms with van der Waals surface area (Å²) in [5.41, 5.74) is -0.380. The lowest BCUT2D eigenvalue weighted by molar-refractivity contribution is -0.138. The first-order chi connectivity index (χ1) is 9.43. The quantitative estimate of drug-likeness (QED) is 0.635. The molecule has 1 aromatic rings. The summed E-state index contributed by atoms with van der Waals surface area (Å²) in [6.07, 6.45) is 2.46. The van der Waals surface area contributed by atoms with Crippen molar-refractivity contribution in [1.82, 2.24) is 0 Å². The van der Waals surface area contributed by atoms with Crippen molar-refractivity contribution in [3.05, 3.63) is 48.2 Å². The standard InChI is InChI=1S/C8H6O4.C6H10O2/c9-7(10)5-3-1-2-4-6(5)8(11)12;1-3-5-6(7)8-4-2/h1-4H,(H,9,10)(H,11,12);4H,2-3,5H2,1H3. The molecule has 0 amide bonds. The first kappa shape index (κ1) is 17.4. The van der Waals surface area contributed by atoms with Gasteiger partial charge in [0.1, 0.15) is 0 Å². The SMILES string of the molecule is C=COC(=O)CCC.O=C(O)c1ccccc1C(=O)O. The van der Waals surface area contributed by atoms with Crippen LogP contribution >= 0.6 is 0 Å². The number of rotatable bonds is 5. The second-order valence-electron chi connectivity index (χ2n) is 3.56. The minimum absolute atomic E-state index is 0.190. The number of carboxylic acid groups (broad SMARTS) is 2. The summed E-state index contributed by atoms with van der Waals surface area (Å²) in [6, 6.07) is 5.48. The van der Waals surface area contributed by atoms with Gasteiger partial charge in [-0.15, -0.1) is 0 Å². The Balaban J connectivity index is 0.000000396. The molecule has 20 heavy (non-hydrogen) atoms. The van der Waals surface area contributed by atoms with Crippen molar-refractivity contribution in [3.8, 4) is 0 Å². The highest BCUT2D eigenvalue weighted by molar-refractivity contribution is 6.01. The normalized spacial score (nSPS) is 8.85. The number of esters is 1. The Kier molecular flexibility index (Phi) is 8.09. The van der Waals surface area contributed by atoms with Crippen LogP contribution in [0.25, 0.3) is 0 Å². The van der Waals surface area contributed by atoms with E-state index in [1.807, 2.05) is 6.92 Å². The van der Waals surface area contributed by atoms with Crippen LogP contribution in [0, 0.1) is 0 Å². The molecule has 0 aliphatic heterocycles. The van der Waals surface area contributed by atoms with E-state index in [4.69, 9.17) is 10.2 Å². The Morgan fingerprint density at radius 3 is 1.90 bits per heavy atom. The van der Waals surface area contributed by atoms with E-state index >= 15 is 0 Å². The summed E-state index contributed by atoms with van der Waals surface area (Å²) >= 11 is 0. The molecule has 6 heteroatoms. The van der Waals surface area contributed by atoms with Crippen LogP contribution in [-0.2, 0) is 9.53 Å². The summed E-state index contributed by atoms with van der Waals surface area (Å²) < 4.78 is 4.41. The van der Waals surface area contributed by atoms with Gasteiger partial charge in [0.05, 0.1) is 17.4 Å². The monoisotopic (exact) mass is 280 g/mol. The molecule has 0 spiro atoms. The molecule has 0 aliphatic rings. The largest absolute Gasteiger partial charge is 0.478 e. The molecule has 0 aliphatic carbocycles. The predicted molar refractivity (Wildman–Crippen MR) is 71.6 cm³/mol. The molecule has 0 saturated carbocycles. The van der Waals surface area contributed by atoms with E-state index in [2.05, 4.69) is 11.3 Å². The minimum atomic E-state index is -1.23. The Morgan fingerprint density at radius 2 is 1.60 bits per heavy atom. The smallest absolute Gasteiger partial charge is 0.336 e. The van der Waals surface area contributed by atoms with Crippen molar-refractivity contribution in [1.29, 1.82) is 0 Å². The third-order valence-electron chi connectivity index (χ3n) is 2.06. The van der Waals surface area contributed by atoms with Crippen LogP contribution in [0.4, 0.5) is 0 Å². The van der Waals surface area contributed by atoms with Gasteiger partial charge in [0.25, 0.3) is 0 Å². The zero-order valence-electron chi connectivity index (χ0n) is 11.0. The van der Waals surface area contributed by atoms with E-state index in [-0.39, 0.29) is 17.1 Å². The van der Waals surface area contributed by atoms with Gasteiger partial charge in [0.2, 0.25) is 0 Å². The molecule has 108 valence electrons. The lowest BCUT2D eigenvalue weighted by Gasteiger charge is -1.98. The molecular formula is C14H16O6. The molecule has 0 saturated heterocycles. The fraction of sp³-hybridized carbons (Fsp3) is 0.214. The van der Waals surface area contributed by atoms with Gasteiger partial charge in [0.15, 0.2) is 0 Å². The first-order valence-electron chi connectivity index (χ1n) is 5.80. The molecule has 1 rings (SSSR count). The number of hydrogen-bond donors (Lipinski definition) is 2. The fourth-order valence-corrected chi connectivity index (χ4v) is 1.21. The Morgan fingerprint density at radius 1 is 1.15 bits per heavy atom. The molecule has 0 radical (unpaired) electrons. The van der Waals surface area contributed by atoms with E-state index in [0.29, 0.717) is 6.42 Å². The Hall–Kier alpha value is -2.63. The van der Waals surface area contributed by atoms with Gasteiger partial charge in [-0.1, -0.05) is 25.6 Å². The van der Waals surface area contributed by atoms with Crippen LogP contribution in [0.15, 0.2) is 37.1 Å². The summed E-state index contributed by atoms with van der Waals surface area (Å²) in [5, 5.41) is 17.1. The third kappa shape index (κ3) is 6.34. The van der Waals surface area contributed by atoms with E-state index in [1.165, 1.54) is 24.3 Å². The fourth-order valence-electron chi connectivity index (χ4n) is 1.21. The second kappa shape index (κ2) is 9.32. The highest BCUT2D eigenvalue weighted by Gasteiger charge is 2.13. The first-order valence-corrected chi connectivity index (χ1v) is 5.80. The lowest BCUT2D eigenvalue weighted by atomic mass is 10.1. The molecule has 0 fully saturated rings. The zero-order valence-corrected chi connectivity index (χ0v) is 11.0. The minimum Gasteiger partial charge on any atom is -0.478 e. The van der Waals surface area contributed by atoms with Gasteiger partial charge in [-0.25, -0.2) is 9.59 Å². The van der Waals surface area contributed by atoms with Gasteiger partial charge >= 0.3 is 17.9 Å². The third-order valence-corrected chi connectivity index (χ3v) is 2.06. The molecule has 0 unspecified atom stereocenters. The summed E-state index contributed by atoms with van der Waals surface area (Å²) in [7, 11) is 0. The molecule has 0 heterocycles. The van der Waals surface area contributed by atoms with Crippen LogP contribution in [0.3, 0.4) is 0 Å². The second-order valence-corrected chi connectivity index (χ2v) is 3.56. The van der Waals surface area contributed by atoms with E-state index in [0.717, 1.165) is 12.7 Å². The van der Waals surface area contributed by atoms with Crippen LogP contribution < -0.4 is 0 Å². The molecule has 1 aromatic carbocycles. The summed E-state index contributed by atoms with van der Waals surface area (Å²) in [4.78, 5) is 31.3. The van der Waals surface area contributed by atoms with Crippen molar-refractivity contribution in [2.45, 2.75) is 19.8 Å². The number of benzene rings is 1. The maximum absolute atomic E-state index is 10.5. The number of carboxylic acids is 2. The van der Waals surface area contributed by atoms with Gasteiger partial charge in [-0.2, -0.15) is 0 Å². The average Bonchev–Trinajstić information content (AvgIpc) is 2.40. The van der Waals surface area contributed by atoms with Gasteiger partial charge < -0.3 is 14.9 Å². The van der Waals surface area contributed by atoms with Crippen LogP contribution in [-0.4, -0.2) is 28.1 Å². The number of ether oxygens (including phenoxy) is 1. The summed E-state index contributed by atoms with van der Waals surface area (Å²) in [5.74, 6) is -2.66. The maximum atomic E-state index is 10.5. The Bertz CT molecular complexity index is 459. The molecule has 6 nitrogen and oxygen atoms in total. The Labute approximate surface area is 116 Å². The van der Waals surface area contributed by atoms with Gasteiger partial charge in [0, 0.05) is 6.42 Å². The predicted octanol–water partition coefficient (Wildman–Crippen LogP) is 2.56. The van der Waals surface area contributed by atoms with Gasteiger partial charge in [-0.05, 0) is 18.6 Å². The van der Waals surface area contributed by atoms with E-state index < -0.39 is 11.9 Å². The van der Waals surface area contributed by atoms with Crippen LogP contribution in [0.5, 0.6) is 0 Å². The number of carbonyl (C=O) groups is 3.